The molecule has 3 N–H and O–H groups in total. The summed E-state index contributed by atoms with van der Waals surface area (Å²) in [7, 11) is 0. The fourth-order valence-corrected chi connectivity index (χ4v) is 7.88. The molecule has 4 amide bonds. The van der Waals surface area contributed by atoms with Crippen LogP contribution in [0.5, 0.6) is 0 Å². The maximum atomic E-state index is 14.0. The van der Waals surface area contributed by atoms with Gasteiger partial charge in [0.25, 0.3) is 5.91 Å². The van der Waals surface area contributed by atoms with Gasteiger partial charge in [0.05, 0.1) is 11.1 Å². The van der Waals surface area contributed by atoms with Gasteiger partial charge in [0.2, 0.25) is 0 Å². The van der Waals surface area contributed by atoms with E-state index in [1.54, 1.807) is 4.90 Å². The predicted octanol–water partition coefficient (Wildman–Crippen LogP) is 6.13. The number of likely N-dealkylation sites (tertiary alicyclic amines) is 3. The maximum absolute atomic E-state index is 14.0. The first-order chi connectivity index (χ1) is 25.0. The minimum absolute atomic E-state index is 0.0262. The fourth-order valence-electron chi connectivity index (χ4n) is 7.88. The van der Waals surface area contributed by atoms with Crippen molar-refractivity contribution in [3.8, 4) is 0 Å². The Labute approximate surface area is 304 Å². The van der Waals surface area contributed by atoms with E-state index < -0.39 is 53.6 Å². The number of urea groups is 1. The van der Waals surface area contributed by atoms with Crippen LogP contribution in [-0.2, 0) is 34.7 Å². The summed E-state index contributed by atoms with van der Waals surface area (Å²) in [6, 6.07) is 8.44. The normalized spacial score (nSPS) is 21.4. The van der Waals surface area contributed by atoms with Gasteiger partial charge in [0.1, 0.15) is 0 Å². The molecule has 0 aliphatic carbocycles. The van der Waals surface area contributed by atoms with E-state index in [1.807, 2.05) is 31.2 Å². The third-order valence-electron chi connectivity index (χ3n) is 11.1. The highest BCUT2D eigenvalue weighted by Crippen LogP contribution is 2.37. The number of hydrogen-bond donors (Lipinski definition) is 2. The number of carbonyl (C=O) groups excluding carboxylic acids is 3. The fraction of sp³-hybridized carbons (Fsp3) is 0.595. The van der Waals surface area contributed by atoms with E-state index in [0.717, 1.165) is 37.2 Å². The lowest BCUT2D eigenvalue weighted by molar-refractivity contribution is -0.143. The summed E-state index contributed by atoms with van der Waals surface area (Å²) in [5, 5.41) is 2.94. The monoisotopic (exact) mass is 752 g/mol. The number of halogens is 6. The Balaban J connectivity index is 1.14. The molecule has 6 rings (SSSR count). The lowest BCUT2D eigenvalue weighted by Gasteiger charge is -2.44. The molecule has 0 saturated carbocycles. The van der Waals surface area contributed by atoms with Crippen molar-refractivity contribution in [3.05, 3.63) is 64.7 Å². The summed E-state index contributed by atoms with van der Waals surface area (Å²) in [6.07, 6.45) is -9.05. The van der Waals surface area contributed by atoms with Crippen LogP contribution in [0.2, 0.25) is 0 Å². The number of rotatable bonds is 6. The number of piperidine rings is 3. The SMILES string of the molecule is CC1(N)CCN(C2CCN(C(=O)[C@@H](Cc3cc(C(F)(F)F)cc(C(F)(F)F)c3)OC(=O)N3CCC(N4CCc5ccccc5NC4=O)CC3)CC2)CC1. The molecule has 2 aromatic rings. The largest absolute Gasteiger partial charge is 0.436 e. The number of fused-ring (bicyclic) bond motifs is 1. The molecule has 10 nitrogen and oxygen atoms in total. The van der Waals surface area contributed by atoms with E-state index >= 15 is 0 Å². The molecule has 0 spiro atoms. The molecule has 2 aromatic carbocycles. The Kier molecular flexibility index (Phi) is 11.2. The van der Waals surface area contributed by atoms with Gasteiger partial charge in [-0.25, -0.2) is 9.59 Å². The third-order valence-corrected chi connectivity index (χ3v) is 11.1. The van der Waals surface area contributed by atoms with Crippen molar-refractivity contribution in [1.29, 1.82) is 0 Å². The third kappa shape index (κ3) is 9.37. The molecule has 4 heterocycles. The van der Waals surface area contributed by atoms with Crippen molar-refractivity contribution >= 4 is 23.7 Å². The minimum atomic E-state index is -5.08. The lowest BCUT2D eigenvalue weighted by atomic mass is 9.89. The lowest BCUT2D eigenvalue weighted by Crippen LogP contribution is -2.55. The van der Waals surface area contributed by atoms with Crippen LogP contribution in [0, 0.1) is 0 Å². The molecule has 4 aliphatic rings. The Hall–Kier alpha value is -4.05. The van der Waals surface area contributed by atoms with Crippen molar-refractivity contribution in [2.75, 3.05) is 51.1 Å². The number of carbonyl (C=O) groups is 3. The topological polar surface area (TPSA) is 111 Å². The van der Waals surface area contributed by atoms with Gasteiger partial charge < -0.3 is 35.4 Å². The van der Waals surface area contributed by atoms with Gasteiger partial charge in [-0.2, -0.15) is 26.3 Å². The highest BCUT2D eigenvalue weighted by molar-refractivity contribution is 5.91. The number of anilines is 1. The standard InChI is InChI=1S/C37H46F6N6O4/c1-35(44)11-18-46(19-12-35)28-7-13-47(14-8-28)32(50)31(22-24-20-26(36(38,39)40)23-27(21-24)37(41,42)43)53-34(52)48-15-9-29(10-16-48)49-17-6-25-4-2-3-5-30(25)45-33(49)51/h2-5,20-21,23,28-29,31H,6-19,22,44H2,1H3,(H,45,51)/t31-/m1/s1. The van der Waals surface area contributed by atoms with Crippen LogP contribution >= 0.6 is 0 Å². The summed E-state index contributed by atoms with van der Waals surface area (Å²) in [5.74, 6) is -0.674. The first kappa shape index (κ1) is 38.7. The van der Waals surface area contributed by atoms with E-state index in [0.29, 0.717) is 50.8 Å². The van der Waals surface area contributed by atoms with E-state index in [4.69, 9.17) is 10.5 Å². The molecule has 0 radical (unpaired) electrons. The number of ether oxygens (including phenoxy) is 1. The van der Waals surface area contributed by atoms with Gasteiger partial charge in [0.15, 0.2) is 6.10 Å². The summed E-state index contributed by atoms with van der Waals surface area (Å²) in [4.78, 5) is 47.5. The molecule has 3 saturated heterocycles. The predicted molar refractivity (Wildman–Crippen MR) is 184 cm³/mol. The summed E-state index contributed by atoms with van der Waals surface area (Å²) in [6.45, 7) is 5.05. The number of nitrogens with two attached hydrogens (primary N) is 1. The average molecular weight is 753 g/mol. The Morgan fingerprint density at radius 2 is 1.42 bits per heavy atom. The van der Waals surface area contributed by atoms with Crippen LogP contribution < -0.4 is 11.1 Å². The first-order valence-electron chi connectivity index (χ1n) is 18.2. The molecule has 0 aromatic heterocycles. The van der Waals surface area contributed by atoms with Crippen LogP contribution in [-0.4, -0.2) is 107 Å². The highest BCUT2D eigenvalue weighted by atomic mass is 19.4. The molecular formula is C37H46F6N6O4. The molecule has 0 unspecified atom stereocenters. The second-order valence-electron chi connectivity index (χ2n) is 15.0. The number of para-hydroxylation sites is 1. The van der Waals surface area contributed by atoms with Crippen molar-refractivity contribution < 1.29 is 45.5 Å². The van der Waals surface area contributed by atoms with Gasteiger partial charge in [-0.05, 0) is 87.3 Å². The first-order valence-corrected chi connectivity index (χ1v) is 18.2. The summed E-state index contributed by atoms with van der Waals surface area (Å²) >= 11 is 0. The van der Waals surface area contributed by atoms with E-state index in [-0.39, 0.29) is 55.9 Å². The zero-order chi connectivity index (χ0) is 38.1. The van der Waals surface area contributed by atoms with Crippen molar-refractivity contribution in [1.82, 2.24) is 19.6 Å². The van der Waals surface area contributed by atoms with Crippen molar-refractivity contribution in [2.24, 2.45) is 5.73 Å². The molecule has 4 aliphatic heterocycles. The van der Waals surface area contributed by atoms with Crippen molar-refractivity contribution in [3.63, 3.8) is 0 Å². The summed E-state index contributed by atoms with van der Waals surface area (Å²) < 4.78 is 88.0. The van der Waals surface area contributed by atoms with Gasteiger partial charge in [-0.3, -0.25) is 4.79 Å². The second kappa shape index (κ2) is 15.4. The Morgan fingerprint density at radius 3 is 2.02 bits per heavy atom. The minimum Gasteiger partial charge on any atom is -0.436 e. The number of nitrogens with zero attached hydrogens (tertiary/aromatic N) is 4. The second-order valence-corrected chi connectivity index (χ2v) is 15.0. The van der Waals surface area contributed by atoms with E-state index in [2.05, 4.69) is 10.2 Å². The Morgan fingerprint density at radius 1 is 0.849 bits per heavy atom. The van der Waals surface area contributed by atoms with Crippen molar-refractivity contribution in [2.45, 2.75) is 94.4 Å². The molecular weight excluding hydrogens is 706 g/mol. The highest BCUT2D eigenvalue weighted by Gasteiger charge is 2.40. The zero-order valence-corrected chi connectivity index (χ0v) is 29.6. The molecule has 0 bridgehead atoms. The van der Waals surface area contributed by atoms with E-state index in [9.17, 15) is 40.7 Å². The van der Waals surface area contributed by atoms with Crippen LogP contribution in [0.25, 0.3) is 0 Å². The maximum Gasteiger partial charge on any atom is 0.416 e. The van der Waals surface area contributed by atoms with Gasteiger partial charge >= 0.3 is 24.5 Å². The number of nitrogens with one attached hydrogen (secondary N) is 1. The number of hydrogen-bond acceptors (Lipinski definition) is 6. The number of alkyl halides is 6. The summed E-state index contributed by atoms with van der Waals surface area (Å²) in [5.41, 5.74) is 4.35. The van der Waals surface area contributed by atoms with Gasteiger partial charge in [-0.15, -0.1) is 0 Å². The molecule has 16 heteroatoms. The van der Waals surface area contributed by atoms with Crippen LogP contribution in [0.1, 0.15) is 67.7 Å². The number of benzene rings is 2. The molecule has 290 valence electrons. The number of amides is 4. The molecule has 1 atom stereocenters. The van der Waals surface area contributed by atoms with Gasteiger partial charge in [-0.1, -0.05) is 18.2 Å². The molecule has 3 fully saturated rings. The smallest absolute Gasteiger partial charge is 0.416 e. The van der Waals surface area contributed by atoms with Crippen LogP contribution in [0.4, 0.5) is 41.6 Å². The quantitative estimate of drug-likeness (QED) is 0.344. The van der Waals surface area contributed by atoms with Crippen LogP contribution in [0.3, 0.4) is 0 Å². The zero-order valence-electron chi connectivity index (χ0n) is 29.6. The molecule has 53 heavy (non-hydrogen) atoms. The van der Waals surface area contributed by atoms with Crippen LogP contribution in [0.15, 0.2) is 42.5 Å². The van der Waals surface area contributed by atoms with Gasteiger partial charge in [0, 0.05) is 75.5 Å². The Bertz CT molecular complexity index is 1610. The average Bonchev–Trinajstić information content (AvgIpc) is 3.28. The van der Waals surface area contributed by atoms with E-state index in [1.165, 1.54) is 9.80 Å².